The lowest BCUT2D eigenvalue weighted by Gasteiger charge is -2.14. The Bertz CT molecular complexity index is 695. The first kappa shape index (κ1) is 14.0. The number of carbonyl (C=O) groups is 1. The van der Waals surface area contributed by atoms with Crippen LogP contribution >= 0.6 is 18.5 Å². The van der Waals surface area contributed by atoms with Gasteiger partial charge in [0.2, 0.25) is 0 Å². The van der Waals surface area contributed by atoms with Gasteiger partial charge in [0.25, 0.3) is 5.91 Å². The van der Waals surface area contributed by atoms with Gasteiger partial charge in [-0.3, -0.25) is 4.79 Å². The maximum atomic E-state index is 12.5. The molecule has 1 aromatic heterocycles. The lowest BCUT2D eigenvalue weighted by molar-refractivity contribution is 0.0786. The van der Waals surface area contributed by atoms with E-state index in [0.29, 0.717) is 12.2 Å². The van der Waals surface area contributed by atoms with Crippen LogP contribution in [0.2, 0.25) is 0 Å². The van der Waals surface area contributed by atoms with Crippen molar-refractivity contribution in [3.05, 3.63) is 23.4 Å². The topological polar surface area (TPSA) is 62.1 Å². The third-order valence-corrected chi connectivity index (χ3v) is 5.65. The van der Waals surface area contributed by atoms with Gasteiger partial charge < -0.3 is 15.6 Å². The number of rotatable bonds is 1. The van der Waals surface area contributed by atoms with Gasteiger partial charge in [-0.1, -0.05) is 0 Å². The van der Waals surface area contributed by atoms with Gasteiger partial charge in [-0.2, -0.15) is 0 Å². The van der Waals surface area contributed by atoms with Crippen LogP contribution in [0, 0.1) is 6.92 Å². The SMILES string of the molecule is Cc1cc2cc(C(=O)N3CC[C@@H](N)C3)[nH]c2c(P)c1P. The molecule has 1 aliphatic heterocycles. The van der Waals surface area contributed by atoms with E-state index in [1.165, 1.54) is 5.56 Å². The van der Waals surface area contributed by atoms with E-state index in [0.717, 1.165) is 34.5 Å². The van der Waals surface area contributed by atoms with Gasteiger partial charge >= 0.3 is 0 Å². The summed E-state index contributed by atoms with van der Waals surface area (Å²) in [6.45, 7) is 3.47. The van der Waals surface area contributed by atoms with Gasteiger partial charge in [0.1, 0.15) is 5.69 Å². The molecule has 0 radical (unpaired) electrons. The Kier molecular flexibility index (Phi) is 3.58. The molecule has 20 heavy (non-hydrogen) atoms. The molecule has 0 bridgehead atoms. The summed E-state index contributed by atoms with van der Waals surface area (Å²) >= 11 is 0. The highest BCUT2D eigenvalue weighted by molar-refractivity contribution is 7.36. The molecule has 1 saturated heterocycles. The summed E-state index contributed by atoms with van der Waals surface area (Å²) in [7, 11) is 5.50. The van der Waals surface area contributed by atoms with E-state index in [2.05, 4.69) is 36.5 Å². The summed E-state index contributed by atoms with van der Waals surface area (Å²) in [5.41, 5.74) is 8.73. The molecule has 0 aliphatic carbocycles. The summed E-state index contributed by atoms with van der Waals surface area (Å²) in [6, 6.07) is 4.15. The zero-order chi connectivity index (χ0) is 14.4. The molecule has 1 fully saturated rings. The standard InChI is InChI=1S/C14H19N3OP2/c1-7-4-8-5-10(16-11(8)13(20)12(7)19)14(18)17-3-2-9(15)6-17/h4-5,9,16H,2-3,6,15,19-20H2,1H3/t9-/m1/s1. The van der Waals surface area contributed by atoms with Crippen molar-refractivity contribution in [3.63, 3.8) is 0 Å². The minimum absolute atomic E-state index is 0.0431. The Labute approximate surface area is 122 Å². The van der Waals surface area contributed by atoms with Crippen molar-refractivity contribution < 1.29 is 4.79 Å². The van der Waals surface area contributed by atoms with Gasteiger partial charge in [-0.15, -0.1) is 18.5 Å². The normalized spacial score (nSPS) is 19.0. The van der Waals surface area contributed by atoms with E-state index in [-0.39, 0.29) is 11.9 Å². The second kappa shape index (κ2) is 5.11. The number of likely N-dealkylation sites (tertiary alicyclic amines) is 1. The lowest BCUT2D eigenvalue weighted by Crippen LogP contribution is -2.32. The quantitative estimate of drug-likeness (QED) is 0.760. The number of carbonyl (C=O) groups excluding carboxylic acids is 1. The first-order chi connectivity index (χ1) is 9.47. The molecule has 3 atom stereocenters. The molecule has 0 spiro atoms. The fraction of sp³-hybridized carbons (Fsp3) is 0.357. The van der Waals surface area contributed by atoms with E-state index in [1.807, 2.05) is 11.0 Å². The summed E-state index contributed by atoms with van der Waals surface area (Å²) in [5, 5.41) is 3.33. The number of benzene rings is 1. The maximum absolute atomic E-state index is 12.5. The predicted molar refractivity (Wildman–Crippen MR) is 90.2 cm³/mol. The number of nitrogens with one attached hydrogen (secondary N) is 1. The average Bonchev–Trinajstić information content (AvgIpc) is 3.02. The van der Waals surface area contributed by atoms with Crippen LogP contribution in [0.1, 0.15) is 22.5 Å². The van der Waals surface area contributed by atoms with Crippen LogP contribution in [0.5, 0.6) is 0 Å². The van der Waals surface area contributed by atoms with Crippen LogP contribution in [-0.2, 0) is 0 Å². The number of aromatic nitrogens is 1. The number of nitrogens with two attached hydrogens (primary N) is 1. The highest BCUT2D eigenvalue weighted by Crippen LogP contribution is 2.20. The Morgan fingerprint density at radius 3 is 2.80 bits per heavy atom. The van der Waals surface area contributed by atoms with Crippen LogP contribution < -0.4 is 16.3 Å². The fourth-order valence-electron chi connectivity index (χ4n) is 2.72. The maximum Gasteiger partial charge on any atom is 0.270 e. The summed E-state index contributed by atoms with van der Waals surface area (Å²) in [6.07, 6.45) is 0.885. The van der Waals surface area contributed by atoms with Gasteiger partial charge in [0.05, 0.1) is 5.52 Å². The highest BCUT2D eigenvalue weighted by atomic mass is 31.0. The highest BCUT2D eigenvalue weighted by Gasteiger charge is 2.25. The zero-order valence-electron chi connectivity index (χ0n) is 11.4. The second-order valence-corrected chi connectivity index (χ2v) is 6.62. The van der Waals surface area contributed by atoms with E-state index in [4.69, 9.17) is 5.73 Å². The van der Waals surface area contributed by atoms with Crippen LogP contribution in [0.15, 0.2) is 12.1 Å². The third kappa shape index (κ3) is 2.26. The van der Waals surface area contributed by atoms with Crippen LogP contribution in [0.25, 0.3) is 10.9 Å². The second-order valence-electron chi connectivity index (χ2n) is 5.47. The Morgan fingerprint density at radius 2 is 2.15 bits per heavy atom. The van der Waals surface area contributed by atoms with Crippen molar-refractivity contribution in [3.8, 4) is 0 Å². The zero-order valence-corrected chi connectivity index (χ0v) is 13.8. The molecule has 1 amide bonds. The van der Waals surface area contributed by atoms with E-state index in [9.17, 15) is 4.79 Å². The summed E-state index contributed by atoms with van der Waals surface area (Å²) < 4.78 is 0. The molecule has 3 rings (SSSR count). The van der Waals surface area contributed by atoms with Crippen molar-refractivity contribution in [2.24, 2.45) is 5.73 Å². The molecule has 1 aliphatic rings. The molecular formula is C14H19N3OP2. The largest absolute Gasteiger partial charge is 0.350 e. The van der Waals surface area contributed by atoms with Crippen molar-refractivity contribution >= 4 is 45.9 Å². The van der Waals surface area contributed by atoms with Crippen LogP contribution in [0.3, 0.4) is 0 Å². The predicted octanol–water partition coefficient (Wildman–Crippen LogP) is 0.650. The number of hydrogen-bond acceptors (Lipinski definition) is 2. The minimum Gasteiger partial charge on any atom is -0.350 e. The van der Waals surface area contributed by atoms with Gasteiger partial charge in [-0.05, 0) is 36.3 Å². The molecule has 3 N–H and O–H groups in total. The minimum atomic E-state index is 0.0431. The number of nitrogens with zero attached hydrogens (tertiary/aromatic N) is 1. The number of amides is 1. The van der Waals surface area contributed by atoms with Gasteiger partial charge in [-0.25, -0.2) is 0 Å². The molecule has 0 saturated carbocycles. The Hall–Kier alpha value is -0.950. The monoisotopic (exact) mass is 307 g/mol. The molecule has 4 nitrogen and oxygen atoms in total. The van der Waals surface area contributed by atoms with Crippen LogP contribution in [-0.4, -0.2) is 34.9 Å². The Morgan fingerprint density at radius 1 is 1.40 bits per heavy atom. The van der Waals surface area contributed by atoms with Crippen molar-refractivity contribution in [2.45, 2.75) is 19.4 Å². The first-order valence-corrected chi connectivity index (χ1v) is 7.85. The van der Waals surface area contributed by atoms with Crippen molar-refractivity contribution in [1.82, 2.24) is 9.88 Å². The molecule has 2 aromatic rings. The van der Waals surface area contributed by atoms with Crippen molar-refractivity contribution in [1.29, 1.82) is 0 Å². The molecule has 6 heteroatoms. The molecular weight excluding hydrogens is 288 g/mol. The van der Waals surface area contributed by atoms with E-state index in [1.54, 1.807) is 0 Å². The average molecular weight is 307 g/mol. The first-order valence-electron chi connectivity index (χ1n) is 6.69. The van der Waals surface area contributed by atoms with E-state index >= 15 is 0 Å². The fourth-order valence-corrected chi connectivity index (χ4v) is 3.42. The van der Waals surface area contributed by atoms with Crippen molar-refractivity contribution in [2.75, 3.05) is 13.1 Å². The Balaban J connectivity index is 2.01. The number of hydrogen-bond donors (Lipinski definition) is 2. The van der Waals surface area contributed by atoms with Gasteiger partial charge in [0.15, 0.2) is 0 Å². The van der Waals surface area contributed by atoms with E-state index < -0.39 is 0 Å². The number of aromatic amines is 1. The summed E-state index contributed by atoms with van der Waals surface area (Å²) in [5.74, 6) is 0.0431. The third-order valence-electron chi connectivity index (χ3n) is 3.95. The summed E-state index contributed by atoms with van der Waals surface area (Å²) in [4.78, 5) is 17.6. The lowest BCUT2D eigenvalue weighted by atomic mass is 10.2. The van der Waals surface area contributed by atoms with Gasteiger partial charge in [0, 0.05) is 29.8 Å². The molecule has 106 valence electrons. The molecule has 2 unspecified atom stereocenters. The molecule has 1 aromatic carbocycles. The number of fused-ring (bicyclic) bond motifs is 1. The number of aryl methyl sites for hydroxylation is 1. The molecule has 2 heterocycles. The van der Waals surface area contributed by atoms with Crippen LogP contribution in [0.4, 0.5) is 0 Å². The number of H-pyrrole nitrogens is 1. The smallest absolute Gasteiger partial charge is 0.270 e.